The van der Waals surface area contributed by atoms with Crippen molar-refractivity contribution in [3.8, 4) is 0 Å². The van der Waals surface area contributed by atoms with Crippen molar-refractivity contribution in [1.82, 2.24) is 9.80 Å². The molecule has 0 bridgehead atoms. The van der Waals surface area contributed by atoms with Crippen LogP contribution in [0.5, 0.6) is 0 Å². The van der Waals surface area contributed by atoms with Crippen molar-refractivity contribution < 1.29 is 4.79 Å². The van der Waals surface area contributed by atoms with Gasteiger partial charge >= 0.3 is 0 Å². The van der Waals surface area contributed by atoms with E-state index in [1.54, 1.807) is 0 Å². The van der Waals surface area contributed by atoms with Gasteiger partial charge in [-0.15, -0.1) is 0 Å². The van der Waals surface area contributed by atoms with E-state index >= 15 is 0 Å². The summed E-state index contributed by atoms with van der Waals surface area (Å²) < 4.78 is 0. The fourth-order valence-electron chi connectivity index (χ4n) is 3.20. The first kappa shape index (κ1) is 17.9. The maximum Gasteiger partial charge on any atom is 0.244 e. The quantitative estimate of drug-likeness (QED) is 0.914. The van der Waals surface area contributed by atoms with Crippen molar-refractivity contribution in [1.29, 1.82) is 0 Å². The Morgan fingerprint density at radius 1 is 1.00 bits per heavy atom. The third-order valence-electron chi connectivity index (χ3n) is 4.64. The van der Waals surface area contributed by atoms with E-state index in [1.165, 1.54) is 5.56 Å². The Kier molecular flexibility index (Phi) is 6.08. The van der Waals surface area contributed by atoms with E-state index in [0.29, 0.717) is 6.54 Å². The van der Waals surface area contributed by atoms with Crippen LogP contribution < -0.4 is 5.73 Å². The molecule has 0 saturated carbocycles. The first-order valence-electron chi connectivity index (χ1n) is 8.69. The number of hydrogen-bond donors (Lipinski definition) is 1. The van der Waals surface area contributed by atoms with Crippen LogP contribution in [0.3, 0.4) is 0 Å². The van der Waals surface area contributed by atoms with Gasteiger partial charge in [-0.05, 0) is 29.7 Å². The van der Waals surface area contributed by atoms with Gasteiger partial charge in [-0.2, -0.15) is 0 Å². The highest BCUT2D eigenvalue weighted by molar-refractivity contribution is 6.30. The van der Waals surface area contributed by atoms with Crippen molar-refractivity contribution >= 4 is 17.5 Å². The first-order valence-corrected chi connectivity index (χ1v) is 9.07. The van der Waals surface area contributed by atoms with Crippen LogP contribution in [0.15, 0.2) is 54.6 Å². The fraction of sp³-hybridized carbons (Fsp3) is 0.350. The van der Waals surface area contributed by atoms with Crippen LogP contribution >= 0.6 is 11.6 Å². The molecule has 0 aliphatic carbocycles. The Bertz CT molecular complexity index is 690. The Balaban J connectivity index is 1.57. The number of benzene rings is 2. The Morgan fingerprint density at radius 3 is 2.44 bits per heavy atom. The van der Waals surface area contributed by atoms with Crippen molar-refractivity contribution in [2.24, 2.45) is 5.73 Å². The van der Waals surface area contributed by atoms with Gasteiger partial charge in [0, 0.05) is 37.7 Å². The SMILES string of the molecule is NC(C(=O)N1CCCN(Cc2ccc(Cl)cc2)CC1)c1ccccc1. The van der Waals surface area contributed by atoms with Gasteiger partial charge in [0.2, 0.25) is 5.91 Å². The maximum absolute atomic E-state index is 12.7. The summed E-state index contributed by atoms with van der Waals surface area (Å²) in [4.78, 5) is 17.0. The number of hydrogen-bond acceptors (Lipinski definition) is 3. The van der Waals surface area contributed by atoms with Crippen LogP contribution in [0.2, 0.25) is 5.02 Å². The van der Waals surface area contributed by atoms with Crippen LogP contribution in [0.25, 0.3) is 0 Å². The van der Waals surface area contributed by atoms with Gasteiger partial charge in [-0.1, -0.05) is 54.1 Å². The molecule has 2 aromatic rings. The van der Waals surface area contributed by atoms with Gasteiger partial charge in [0.05, 0.1) is 0 Å². The molecule has 1 atom stereocenters. The predicted molar refractivity (Wildman–Crippen MR) is 101 cm³/mol. The minimum atomic E-state index is -0.580. The Hall–Kier alpha value is -1.88. The van der Waals surface area contributed by atoms with E-state index in [4.69, 9.17) is 17.3 Å². The van der Waals surface area contributed by atoms with Crippen LogP contribution in [-0.4, -0.2) is 41.9 Å². The zero-order chi connectivity index (χ0) is 17.6. The highest BCUT2D eigenvalue weighted by Crippen LogP contribution is 2.16. The zero-order valence-corrected chi connectivity index (χ0v) is 15.0. The van der Waals surface area contributed by atoms with E-state index in [9.17, 15) is 4.79 Å². The van der Waals surface area contributed by atoms with Gasteiger partial charge in [-0.25, -0.2) is 0 Å². The lowest BCUT2D eigenvalue weighted by atomic mass is 10.1. The minimum absolute atomic E-state index is 0.0135. The van der Waals surface area contributed by atoms with Gasteiger partial charge in [0.15, 0.2) is 0 Å². The zero-order valence-electron chi connectivity index (χ0n) is 14.3. The largest absolute Gasteiger partial charge is 0.340 e. The Labute approximate surface area is 154 Å². The van der Waals surface area contributed by atoms with Gasteiger partial charge in [0.25, 0.3) is 0 Å². The van der Waals surface area contributed by atoms with Crippen molar-refractivity contribution in [3.05, 3.63) is 70.7 Å². The summed E-state index contributed by atoms with van der Waals surface area (Å²) in [6, 6.07) is 17.0. The lowest BCUT2D eigenvalue weighted by Crippen LogP contribution is -2.40. The molecule has 2 aromatic carbocycles. The molecule has 1 unspecified atom stereocenters. The average Bonchev–Trinajstić information content (AvgIpc) is 2.89. The molecule has 5 heteroatoms. The molecule has 0 aromatic heterocycles. The molecule has 25 heavy (non-hydrogen) atoms. The number of amides is 1. The van der Waals surface area contributed by atoms with Crippen molar-refractivity contribution in [3.63, 3.8) is 0 Å². The molecule has 1 heterocycles. The minimum Gasteiger partial charge on any atom is -0.340 e. The number of nitrogens with zero attached hydrogens (tertiary/aromatic N) is 2. The molecule has 0 radical (unpaired) electrons. The molecular formula is C20H24ClN3O. The molecule has 2 N–H and O–H groups in total. The summed E-state index contributed by atoms with van der Waals surface area (Å²) in [5.74, 6) is 0.0135. The molecular weight excluding hydrogens is 334 g/mol. The van der Waals surface area contributed by atoms with Gasteiger partial charge < -0.3 is 10.6 Å². The Morgan fingerprint density at radius 2 is 1.72 bits per heavy atom. The van der Waals surface area contributed by atoms with Gasteiger partial charge in [-0.3, -0.25) is 9.69 Å². The molecule has 0 spiro atoms. The molecule has 1 aliphatic heterocycles. The molecule has 4 nitrogen and oxygen atoms in total. The third kappa shape index (κ3) is 4.82. The number of carbonyl (C=O) groups excluding carboxylic acids is 1. The summed E-state index contributed by atoms with van der Waals surface area (Å²) in [5, 5.41) is 0.756. The van der Waals surface area contributed by atoms with E-state index in [1.807, 2.05) is 47.4 Å². The number of nitrogens with two attached hydrogens (primary N) is 1. The predicted octanol–water partition coefficient (Wildman–Crippen LogP) is 3.07. The summed E-state index contributed by atoms with van der Waals surface area (Å²) in [5.41, 5.74) is 8.29. The second-order valence-corrected chi connectivity index (χ2v) is 6.91. The van der Waals surface area contributed by atoms with Crippen LogP contribution in [-0.2, 0) is 11.3 Å². The normalized spacial score (nSPS) is 17.1. The monoisotopic (exact) mass is 357 g/mol. The van der Waals surface area contributed by atoms with Crippen LogP contribution in [0.1, 0.15) is 23.6 Å². The lowest BCUT2D eigenvalue weighted by Gasteiger charge is -2.25. The third-order valence-corrected chi connectivity index (χ3v) is 4.90. The summed E-state index contributed by atoms with van der Waals surface area (Å²) >= 11 is 5.95. The average molecular weight is 358 g/mol. The lowest BCUT2D eigenvalue weighted by molar-refractivity contribution is -0.132. The van der Waals surface area contributed by atoms with E-state index in [-0.39, 0.29) is 5.91 Å². The second-order valence-electron chi connectivity index (χ2n) is 6.47. The highest BCUT2D eigenvalue weighted by atomic mass is 35.5. The summed E-state index contributed by atoms with van der Waals surface area (Å²) in [7, 11) is 0. The smallest absolute Gasteiger partial charge is 0.244 e. The summed E-state index contributed by atoms with van der Waals surface area (Å²) in [6.45, 7) is 4.19. The second kappa shape index (κ2) is 8.48. The number of carbonyl (C=O) groups is 1. The van der Waals surface area contributed by atoms with E-state index < -0.39 is 6.04 Å². The molecule has 1 saturated heterocycles. The van der Waals surface area contributed by atoms with Crippen molar-refractivity contribution in [2.75, 3.05) is 26.2 Å². The van der Waals surface area contributed by atoms with Crippen LogP contribution in [0.4, 0.5) is 0 Å². The molecule has 132 valence electrons. The highest BCUT2D eigenvalue weighted by Gasteiger charge is 2.24. The number of rotatable bonds is 4. The van der Waals surface area contributed by atoms with Crippen LogP contribution in [0, 0.1) is 0 Å². The van der Waals surface area contributed by atoms with Crippen molar-refractivity contribution in [2.45, 2.75) is 19.0 Å². The molecule has 1 fully saturated rings. The first-order chi connectivity index (χ1) is 12.1. The fourth-order valence-corrected chi connectivity index (χ4v) is 3.32. The maximum atomic E-state index is 12.7. The standard InChI is InChI=1S/C20H24ClN3O/c21-18-9-7-16(8-10-18)15-23-11-4-12-24(14-13-23)20(25)19(22)17-5-2-1-3-6-17/h1-3,5-10,19H,4,11-15,22H2. The molecule has 3 rings (SSSR count). The molecule has 1 aliphatic rings. The number of halogens is 1. The topological polar surface area (TPSA) is 49.6 Å². The van der Waals surface area contributed by atoms with E-state index in [0.717, 1.165) is 43.2 Å². The van der Waals surface area contributed by atoms with Gasteiger partial charge in [0.1, 0.15) is 6.04 Å². The summed E-state index contributed by atoms with van der Waals surface area (Å²) in [6.07, 6.45) is 0.959. The molecule has 1 amide bonds. The van der Waals surface area contributed by atoms with E-state index in [2.05, 4.69) is 17.0 Å².